The lowest BCUT2D eigenvalue weighted by molar-refractivity contribution is -0.384. The van der Waals surface area contributed by atoms with Crippen LogP contribution in [-0.4, -0.2) is 19.6 Å². The smallest absolute Gasteiger partial charge is 0.271 e. The van der Waals surface area contributed by atoms with E-state index in [4.69, 9.17) is 0 Å². The van der Waals surface area contributed by atoms with E-state index in [1.165, 1.54) is 6.07 Å². The second-order valence-electron chi connectivity index (χ2n) is 5.98. The van der Waals surface area contributed by atoms with Crippen LogP contribution in [0.1, 0.15) is 5.56 Å². The van der Waals surface area contributed by atoms with Crippen LogP contribution in [0.15, 0.2) is 72.8 Å². The molecule has 0 aliphatic rings. The van der Waals surface area contributed by atoms with E-state index in [-0.39, 0.29) is 11.4 Å². The molecule has 0 saturated carbocycles. The van der Waals surface area contributed by atoms with Crippen LogP contribution in [0.3, 0.4) is 0 Å². The molecule has 1 N–H and O–H groups in total. The van der Waals surface area contributed by atoms with Crippen LogP contribution in [-0.2, 0) is 6.54 Å². The average molecular weight is 345 g/mol. The topological polar surface area (TPSA) is 81.2 Å². The number of nitro benzene ring substituents is 1. The maximum atomic E-state index is 11.2. The van der Waals surface area contributed by atoms with Crippen molar-refractivity contribution in [2.45, 2.75) is 6.54 Å². The number of hydrogen-bond acceptors (Lipinski definition) is 4. The number of non-ortho nitro benzene ring substituents is 1. The molecule has 1 aromatic heterocycles. The molecule has 4 rings (SSSR count). The van der Waals surface area contributed by atoms with Gasteiger partial charge in [-0.05, 0) is 35.9 Å². The number of phenols is 1. The first-order valence-electron chi connectivity index (χ1n) is 8.10. The predicted octanol–water partition coefficient (Wildman–Crippen LogP) is 4.37. The van der Waals surface area contributed by atoms with Crippen LogP contribution >= 0.6 is 0 Å². The number of hydrogen-bond donors (Lipinski definition) is 1. The standard InChI is InChI=1S/C20H15N3O3/c24-17-9-6-15(7-10-17)20-21-18-11-8-16(23(25)26)12-19(18)22(20)13-14-4-2-1-3-5-14/h1-12,24H,13H2. The molecule has 0 amide bonds. The highest BCUT2D eigenvalue weighted by molar-refractivity contribution is 5.83. The number of phenolic OH excluding ortho intramolecular Hbond substituents is 1. The van der Waals surface area contributed by atoms with Crippen molar-refractivity contribution in [1.82, 2.24) is 9.55 Å². The molecule has 26 heavy (non-hydrogen) atoms. The van der Waals surface area contributed by atoms with Gasteiger partial charge in [-0.25, -0.2) is 4.98 Å². The van der Waals surface area contributed by atoms with E-state index in [2.05, 4.69) is 4.98 Å². The Morgan fingerprint density at radius 1 is 1.00 bits per heavy atom. The van der Waals surface area contributed by atoms with E-state index in [9.17, 15) is 15.2 Å². The minimum Gasteiger partial charge on any atom is -0.508 e. The lowest BCUT2D eigenvalue weighted by atomic mass is 10.2. The number of nitrogens with zero attached hydrogens (tertiary/aromatic N) is 3. The fourth-order valence-electron chi connectivity index (χ4n) is 2.98. The minimum atomic E-state index is -0.403. The van der Waals surface area contributed by atoms with Gasteiger partial charge < -0.3 is 9.67 Å². The monoisotopic (exact) mass is 345 g/mol. The van der Waals surface area contributed by atoms with Gasteiger partial charge in [0.05, 0.1) is 16.0 Å². The van der Waals surface area contributed by atoms with Gasteiger partial charge in [0.15, 0.2) is 0 Å². The molecule has 3 aromatic carbocycles. The van der Waals surface area contributed by atoms with Crippen molar-refractivity contribution in [3.63, 3.8) is 0 Å². The second kappa shape index (κ2) is 6.33. The largest absolute Gasteiger partial charge is 0.508 e. The van der Waals surface area contributed by atoms with Gasteiger partial charge in [0.1, 0.15) is 11.6 Å². The molecule has 6 nitrogen and oxygen atoms in total. The number of aromatic nitrogens is 2. The van der Waals surface area contributed by atoms with E-state index in [1.807, 2.05) is 34.9 Å². The van der Waals surface area contributed by atoms with E-state index in [1.54, 1.807) is 36.4 Å². The molecule has 0 atom stereocenters. The molecule has 1 heterocycles. The van der Waals surface area contributed by atoms with Gasteiger partial charge in [-0.15, -0.1) is 0 Å². The van der Waals surface area contributed by atoms with Crippen molar-refractivity contribution in [3.05, 3.63) is 88.5 Å². The lowest BCUT2D eigenvalue weighted by Crippen LogP contribution is -2.02. The molecule has 6 heteroatoms. The molecular weight excluding hydrogens is 330 g/mol. The maximum Gasteiger partial charge on any atom is 0.271 e. The summed E-state index contributed by atoms with van der Waals surface area (Å²) in [6.07, 6.45) is 0. The highest BCUT2D eigenvalue weighted by atomic mass is 16.6. The quantitative estimate of drug-likeness (QED) is 0.440. The summed E-state index contributed by atoms with van der Waals surface area (Å²) in [6.45, 7) is 0.536. The molecule has 0 radical (unpaired) electrons. The van der Waals surface area contributed by atoms with Crippen molar-refractivity contribution in [2.24, 2.45) is 0 Å². The number of nitro groups is 1. The summed E-state index contributed by atoms with van der Waals surface area (Å²) in [6, 6.07) is 21.3. The number of rotatable bonds is 4. The molecule has 0 aliphatic carbocycles. The molecule has 4 aromatic rings. The SMILES string of the molecule is O=[N+]([O-])c1ccc2nc(-c3ccc(O)cc3)n(Cc3ccccc3)c2c1. The van der Waals surface area contributed by atoms with Gasteiger partial charge in [0.25, 0.3) is 5.69 Å². The average Bonchev–Trinajstić information content (AvgIpc) is 3.01. The van der Waals surface area contributed by atoms with Gasteiger partial charge in [-0.3, -0.25) is 10.1 Å². The minimum absolute atomic E-state index is 0.0315. The Bertz CT molecular complexity index is 1090. The lowest BCUT2D eigenvalue weighted by Gasteiger charge is -2.10. The summed E-state index contributed by atoms with van der Waals surface area (Å²) in [5.41, 5.74) is 3.32. The van der Waals surface area contributed by atoms with Crippen LogP contribution in [0.4, 0.5) is 5.69 Å². The highest BCUT2D eigenvalue weighted by Crippen LogP contribution is 2.29. The Morgan fingerprint density at radius 3 is 2.42 bits per heavy atom. The maximum absolute atomic E-state index is 11.2. The Kier molecular flexibility index (Phi) is 3.85. The first kappa shape index (κ1) is 15.8. The molecule has 0 spiro atoms. The Balaban J connectivity index is 1.93. The number of benzene rings is 3. The van der Waals surface area contributed by atoms with Crippen molar-refractivity contribution >= 4 is 16.7 Å². The van der Waals surface area contributed by atoms with Gasteiger partial charge in [0, 0.05) is 24.2 Å². The Morgan fingerprint density at radius 2 is 1.73 bits per heavy atom. The van der Waals surface area contributed by atoms with E-state index >= 15 is 0 Å². The van der Waals surface area contributed by atoms with Gasteiger partial charge in [-0.2, -0.15) is 0 Å². The molecule has 0 saturated heterocycles. The van der Waals surface area contributed by atoms with Gasteiger partial charge in [-0.1, -0.05) is 30.3 Å². The molecule has 0 bridgehead atoms. The zero-order valence-electron chi connectivity index (χ0n) is 13.7. The zero-order valence-corrected chi connectivity index (χ0v) is 13.7. The predicted molar refractivity (Wildman–Crippen MR) is 99.0 cm³/mol. The molecule has 0 unspecified atom stereocenters. The first-order chi connectivity index (χ1) is 12.6. The van der Waals surface area contributed by atoms with E-state index in [0.717, 1.165) is 11.1 Å². The van der Waals surface area contributed by atoms with E-state index < -0.39 is 4.92 Å². The summed E-state index contributed by atoms with van der Waals surface area (Å²) in [5, 5.41) is 20.7. The number of fused-ring (bicyclic) bond motifs is 1. The number of aromatic hydroxyl groups is 1. The highest BCUT2D eigenvalue weighted by Gasteiger charge is 2.16. The summed E-state index contributed by atoms with van der Waals surface area (Å²) in [5.74, 6) is 0.874. The van der Waals surface area contributed by atoms with Crippen molar-refractivity contribution < 1.29 is 10.0 Å². The summed E-state index contributed by atoms with van der Waals surface area (Å²) in [7, 11) is 0. The van der Waals surface area contributed by atoms with Crippen LogP contribution in [0.2, 0.25) is 0 Å². The van der Waals surface area contributed by atoms with Gasteiger partial charge >= 0.3 is 0 Å². The third-order valence-electron chi connectivity index (χ3n) is 4.25. The summed E-state index contributed by atoms with van der Waals surface area (Å²) < 4.78 is 1.96. The van der Waals surface area contributed by atoms with Crippen LogP contribution in [0.5, 0.6) is 5.75 Å². The van der Waals surface area contributed by atoms with Crippen LogP contribution in [0, 0.1) is 10.1 Å². The fraction of sp³-hybridized carbons (Fsp3) is 0.0500. The Hall–Kier alpha value is -3.67. The molecule has 0 fully saturated rings. The van der Waals surface area contributed by atoms with Crippen LogP contribution in [0.25, 0.3) is 22.4 Å². The number of imidazole rings is 1. The summed E-state index contributed by atoms with van der Waals surface area (Å²) in [4.78, 5) is 15.4. The van der Waals surface area contributed by atoms with E-state index in [0.29, 0.717) is 23.4 Å². The van der Waals surface area contributed by atoms with Crippen molar-refractivity contribution in [3.8, 4) is 17.1 Å². The van der Waals surface area contributed by atoms with Gasteiger partial charge in [0.2, 0.25) is 0 Å². The third-order valence-corrected chi connectivity index (χ3v) is 4.25. The third kappa shape index (κ3) is 2.88. The Labute approximate surface area is 149 Å². The van der Waals surface area contributed by atoms with Crippen molar-refractivity contribution in [2.75, 3.05) is 0 Å². The molecular formula is C20H15N3O3. The fourth-order valence-corrected chi connectivity index (χ4v) is 2.98. The van der Waals surface area contributed by atoms with Crippen molar-refractivity contribution in [1.29, 1.82) is 0 Å². The normalized spacial score (nSPS) is 10.9. The summed E-state index contributed by atoms with van der Waals surface area (Å²) >= 11 is 0. The first-order valence-corrected chi connectivity index (χ1v) is 8.10. The molecule has 128 valence electrons. The second-order valence-corrected chi connectivity index (χ2v) is 5.98. The molecule has 0 aliphatic heterocycles. The van der Waals surface area contributed by atoms with Crippen LogP contribution < -0.4 is 0 Å². The zero-order chi connectivity index (χ0) is 18.1.